The molecule has 0 saturated carbocycles. The lowest BCUT2D eigenvalue weighted by Crippen LogP contribution is -2.43. The fourth-order valence-electron chi connectivity index (χ4n) is 2.18. The summed E-state index contributed by atoms with van der Waals surface area (Å²) in [5.41, 5.74) is 2.53. The van der Waals surface area contributed by atoms with E-state index in [2.05, 4.69) is 5.43 Å². The highest BCUT2D eigenvalue weighted by atomic mass is 32.2. The Kier molecular flexibility index (Phi) is 5.44. The maximum absolute atomic E-state index is 12.3. The van der Waals surface area contributed by atoms with E-state index in [0.29, 0.717) is 36.0 Å². The molecule has 3 rings (SSSR count). The van der Waals surface area contributed by atoms with Crippen molar-refractivity contribution in [2.75, 3.05) is 19.8 Å². The maximum atomic E-state index is 12.3. The molecule has 10 heteroatoms. The molecule has 0 aromatic heterocycles. The van der Waals surface area contributed by atoms with Crippen molar-refractivity contribution in [2.45, 2.75) is 4.90 Å². The molecule has 2 aromatic rings. The molecule has 1 amide bonds. The van der Waals surface area contributed by atoms with E-state index in [1.807, 2.05) is 10.9 Å². The summed E-state index contributed by atoms with van der Waals surface area (Å²) >= 11 is 0. The third-order valence-electron chi connectivity index (χ3n) is 3.50. The van der Waals surface area contributed by atoms with Crippen molar-refractivity contribution < 1.29 is 27.4 Å². The number of carbonyl (C=O) groups is 1. The van der Waals surface area contributed by atoms with Crippen molar-refractivity contribution in [1.82, 2.24) is 10.3 Å². The van der Waals surface area contributed by atoms with Crippen LogP contribution in [0.15, 0.2) is 47.4 Å². The Bertz CT molecular complexity index is 983. The van der Waals surface area contributed by atoms with E-state index in [9.17, 15) is 13.2 Å². The van der Waals surface area contributed by atoms with Crippen molar-refractivity contribution in [3.63, 3.8) is 0 Å². The molecule has 2 N–H and O–H groups in total. The lowest BCUT2D eigenvalue weighted by atomic mass is 10.2. The third-order valence-corrected chi connectivity index (χ3v) is 4.75. The number of ether oxygens (including phenoxy) is 3. The maximum Gasteiger partial charge on any atom is 0.272 e. The van der Waals surface area contributed by atoms with Crippen molar-refractivity contribution in [2.24, 2.45) is 0 Å². The predicted octanol–water partition coefficient (Wildman–Crippen LogP) is 0.718. The second-order valence-corrected chi connectivity index (χ2v) is 7.07. The van der Waals surface area contributed by atoms with E-state index in [1.54, 1.807) is 0 Å². The van der Waals surface area contributed by atoms with Crippen molar-refractivity contribution in [3.8, 4) is 23.3 Å². The van der Waals surface area contributed by atoms with Crippen LogP contribution in [0.1, 0.15) is 5.56 Å². The van der Waals surface area contributed by atoms with Gasteiger partial charge in [-0.25, -0.2) is 8.42 Å². The molecule has 1 aliphatic rings. The molecule has 0 spiro atoms. The monoisotopic (exact) mass is 389 g/mol. The molecule has 2 aromatic carbocycles. The smallest absolute Gasteiger partial charge is 0.272 e. The minimum absolute atomic E-state index is 0.0833. The van der Waals surface area contributed by atoms with Crippen LogP contribution in [0.2, 0.25) is 0 Å². The van der Waals surface area contributed by atoms with Crippen molar-refractivity contribution in [1.29, 1.82) is 5.26 Å². The number of carbonyl (C=O) groups excluding carboxylic acids is 1. The largest absolute Gasteiger partial charge is 0.486 e. The minimum atomic E-state index is -3.99. The van der Waals surface area contributed by atoms with Crippen LogP contribution in [0.3, 0.4) is 0 Å². The van der Waals surface area contributed by atoms with Gasteiger partial charge in [0, 0.05) is 6.07 Å². The van der Waals surface area contributed by atoms with Crippen LogP contribution in [0, 0.1) is 11.3 Å². The van der Waals surface area contributed by atoms with Gasteiger partial charge in [-0.3, -0.25) is 10.2 Å². The molecular weight excluding hydrogens is 374 g/mol. The van der Waals surface area contributed by atoms with Gasteiger partial charge in [-0.2, -0.15) is 5.26 Å². The van der Waals surface area contributed by atoms with Crippen LogP contribution in [0.4, 0.5) is 0 Å². The van der Waals surface area contributed by atoms with E-state index in [1.165, 1.54) is 42.5 Å². The molecule has 9 nitrogen and oxygen atoms in total. The predicted molar refractivity (Wildman–Crippen MR) is 92.5 cm³/mol. The summed E-state index contributed by atoms with van der Waals surface area (Å²) in [6.45, 7) is 0.315. The summed E-state index contributed by atoms with van der Waals surface area (Å²) in [6.07, 6.45) is 0. The second kappa shape index (κ2) is 7.94. The summed E-state index contributed by atoms with van der Waals surface area (Å²) in [6, 6.07) is 12.3. The zero-order valence-electron chi connectivity index (χ0n) is 14.0. The van der Waals surface area contributed by atoms with E-state index >= 15 is 0 Å². The number of nitrogens with zero attached hydrogens (tertiary/aromatic N) is 1. The highest BCUT2D eigenvalue weighted by Gasteiger charge is 2.20. The number of nitriles is 1. The first-order chi connectivity index (χ1) is 13.0. The fourth-order valence-corrected chi connectivity index (χ4v) is 3.06. The van der Waals surface area contributed by atoms with Gasteiger partial charge in [0.15, 0.2) is 18.1 Å². The number of amides is 1. The summed E-state index contributed by atoms with van der Waals surface area (Å²) in [5, 5.41) is 8.72. The highest BCUT2D eigenvalue weighted by molar-refractivity contribution is 7.89. The van der Waals surface area contributed by atoms with Gasteiger partial charge in [0.25, 0.3) is 15.9 Å². The molecule has 27 heavy (non-hydrogen) atoms. The average Bonchev–Trinajstić information content (AvgIpc) is 2.70. The SMILES string of the molecule is N#Cc1ccc(OCC(=O)NNS(=O)(=O)c2ccc3c(c2)OCCO3)cc1. The zero-order valence-corrected chi connectivity index (χ0v) is 14.8. The van der Waals surface area contributed by atoms with Gasteiger partial charge in [0.05, 0.1) is 16.5 Å². The number of nitrogens with one attached hydrogen (secondary N) is 2. The van der Waals surface area contributed by atoms with Crippen LogP contribution in [0.25, 0.3) is 0 Å². The number of sulfonamides is 1. The summed E-state index contributed by atoms with van der Waals surface area (Å²) in [5.74, 6) is 0.457. The zero-order chi connectivity index (χ0) is 19.3. The Morgan fingerprint density at radius 1 is 1.11 bits per heavy atom. The third kappa shape index (κ3) is 4.66. The number of hydrogen-bond acceptors (Lipinski definition) is 7. The molecule has 0 unspecified atom stereocenters. The lowest BCUT2D eigenvalue weighted by molar-refractivity contribution is -0.123. The molecule has 1 heterocycles. The van der Waals surface area contributed by atoms with Gasteiger partial charge < -0.3 is 14.2 Å². The van der Waals surface area contributed by atoms with Crippen LogP contribution in [-0.2, 0) is 14.8 Å². The van der Waals surface area contributed by atoms with E-state index in [-0.39, 0.29) is 4.90 Å². The number of hydrazine groups is 1. The van der Waals surface area contributed by atoms with Crippen LogP contribution < -0.4 is 24.5 Å². The Hall–Kier alpha value is -3.29. The van der Waals surface area contributed by atoms with Gasteiger partial charge in [-0.1, -0.05) is 0 Å². The lowest BCUT2D eigenvalue weighted by Gasteiger charge is -2.19. The fraction of sp³-hybridized carbons (Fsp3) is 0.176. The van der Waals surface area contributed by atoms with E-state index in [4.69, 9.17) is 19.5 Å². The Balaban J connectivity index is 1.55. The second-order valence-electron chi connectivity index (χ2n) is 5.38. The first-order valence-corrected chi connectivity index (χ1v) is 9.29. The summed E-state index contributed by atoms with van der Waals surface area (Å²) < 4.78 is 40.4. The molecule has 140 valence electrons. The van der Waals surface area contributed by atoms with Crippen molar-refractivity contribution >= 4 is 15.9 Å². The Morgan fingerprint density at radius 2 is 1.81 bits per heavy atom. The molecule has 0 aliphatic carbocycles. The number of fused-ring (bicyclic) bond motifs is 1. The molecule has 0 bridgehead atoms. The number of benzene rings is 2. The molecule has 0 atom stereocenters. The van der Waals surface area contributed by atoms with Crippen LogP contribution >= 0.6 is 0 Å². The molecular formula is C17H15N3O6S. The molecule has 0 saturated heterocycles. The van der Waals surface area contributed by atoms with Crippen LogP contribution in [-0.4, -0.2) is 34.1 Å². The number of hydrogen-bond donors (Lipinski definition) is 2. The minimum Gasteiger partial charge on any atom is -0.486 e. The average molecular weight is 389 g/mol. The van der Waals surface area contributed by atoms with Crippen molar-refractivity contribution in [3.05, 3.63) is 48.0 Å². The van der Waals surface area contributed by atoms with Gasteiger partial charge in [-0.05, 0) is 36.4 Å². The first-order valence-electron chi connectivity index (χ1n) is 7.81. The molecule has 0 radical (unpaired) electrons. The standard InChI is InChI=1S/C17H15N3O6S/c18-10-12-1-3-13(4-2-12)26-11-17(21)19-20-27(22,23)14-5-6-15-16(9-14)25-8-7-24-15/h1-6,9,20H,7-8,11H2,(H,19,21). The summed E-state index contributed by atoms with van der Waals surface area (Å²) in [7, 11) is -3.99. The highest BCUT2D eigenvalue weighted by Crippen LogP contribution is 2.31. The molecule has 0 fully saturated rings. The quantitative estimate of drug-likeness (QED) is 0.697. The van der Waals surface area contributed by atoms with Gasteiger partial charge >= 0.3 is 0 Å². The number of rotatable bonds is 6. The topological polar surface area (TPSA) is 127 Å². The molecule has 1 aliphatic heterocycles. The van der Waals surface area contributed by atoms with Gasteiger partial charge in [0.1, 0.15) is 19.0 Å². The Morgan fingerprint density at radius 3 is 2.52 bits per heavy atom. The normalized spacial score (nSPS) is 12.7. The summed E-state index contributed by atoms with van der Waals surface area (Å²) in [4.78, 5) is 13.7. The van der Waals surface area contributed by atoms with E-state index < -0.39 is 22.5 Å². The van der Waals surface area contributed by atoms with Crippen LogP contribution in [0.5, 0.6) is 17.2 Å². The van der Waals surface area contributed by atoms with E-state index in [0.717, 1.165) is 0 Å². The van der Waals surface area contributed by atoms with Gasteiger partial charge in [0.2, 0.25) is 0 Å². The van der Waals surface area contributed by atoms with Gasteiger partial charge in [-0.15, -0.1) is 4.83 Å². The first kappa shape index (κ1) is 18.5. The Labute approximate surface area is 155 Å².